The van der Waals surface area contributed by atoms with E-state index in [1.807, 2.05) is 12.1 Å². The van der Waals surface area contributed by atoms with Crippen LogP contribution < -0.4 is 5.32 Å². The second-order valence-corrected chi connectivity index (χ2v) is 4.57. The molecule has 2 rings (SSSR count). The van der Waals surface area contributed by atoms with Crippen LogP contribution in [0.25, 0.3) is 0 Å². The molecule has 1 aromatic rings. The average molecular weight is 220 g/mol. The molecule has 1 fully saturated rings. The zero-order chi connectivity index (χ0) is 11.2. The van der Waals surface area contributed by atoms with Crippen LogP contribution in [-0.4, -0.2) is 41.8 Å². The van der Waals surface area contributed by atoms with Gasteiger partial charge in [-0.2, -0.15) is 5.10 Å². The molecular weight excluding hydrogens is 200 g/mol. The molecule has 0 atom stereocenters. The van der Waals surface area contributed by atoms with Crippen molar-refractivity contribution in [2.24, 2.45) is 5.92 Å². The Balaban J connectivity index is 1.65. The third-order valence-corrected chi connectivity index (χ3v) is 3.27. The van der Waals surface area contributed by atoms with Gasteiger partial charge >= 0.3 is 0 Å². The summed E-state index contributed by atoms with van der Waals surface area (Å²) in [6.07, 6.45) is 5.60. The highest BCUT2D eigenvalue weighted by Gasteiger charge is 2.15. The molecule has 0 unspecified atom stereocenters. The van der Waals surface area contributed by atoms with E-state index in [0.717, 1.165) is 18.3 Å². The van der Waals surface area contributed by atoms with Crippen molar-refractivity contribution in [3.63, 3.8) is 0 Å². The fourth-order valence-electron chi connectivity index (χ4n) is 2.15. The van der Waals surface area contributed by atoms with Crippen molar-refractivity contribution in [1.29, 1.82) is 0 Å². The summed E-state index contributed by atoms with van der Waals surface area (Å²) in [5.74, 6) is 1.76. The lowest BCUT2D eigenvalue weighted by atomic mass is 9.94. The van der Waals surface area contributed by atoms with Gasteiger partial charge in [-0.3, -0.25) is 0 Å². The summed E-state index contributed by atoms with van der Waals surface area (Å²) >= 11 is 0. The van der Waals surface area contributed by atoms with Crippen LogP contribution in [0.15, 0.2) is 18.3 Å². The Morgan fingerprint density at radius 2 is 2.25 bits per heavy atom. The smallest absolute Gasteiger partial charge is 0.148 e. The van der Waals surface area contributed by atoms with Gasteiger partial charge in [0.2, 0.25) is 0 Å². The van der Waals surface area contributed by atoms with Gasteiger partial charge < -0.3 is 10.2 Å². The molecular formula is C12H20N4. The maximum atomic E-state index is 4.00. The van der Waals surface area contributed by atoms with E-state index in [1.54, 1.807) is 6.20 Å². The standard InChI is InChI=1S/C12H20N4/c1-16-9-5-11(6-10-16)4-8-13-12-3-2-7-14-15-12/h2-3,7,11H,4-6,8-10H2,1H3,(H,13,15). The summed E-state index contributed by atoms with van der Waals surface area (Å²) in [6.45, 7) is 3.50. The minimum Gasteiger partial charge on any atom is -0.369 e. The number of hydrogen-bond donors (Lipinski definition) is 1. The molecule has 4 heteroatoms. The van der Waals surface area contributed by atoms with E-state index in [4.69, 9.17) is 0 Å². The van der Waals surface area contributed by atoms with Crippen LogP contribution in [0.4, 0.5) is 5.82 Å². The summed E-state index contributed by atoms with van der Waals surface area (Å²) < 4.78 is 0. The van der Waals surface area contributed by atoms with E-state index < -0.39 is 0 Å². The van der Waals surface area contributed by atoms with Gasteiger partial charge in [0.1, 0.15) is 5.82 Å². The van der Waals surface area contributed by atoms with Crippen LogP contribution in [0.1, 0.15) is 19.3 Å². The summed E-state index contributed by atoms with van der Waals surface area (Å²) in [7, 11) is 2.20. The van der Waals surface area contributed by atoms with Gasteiger partial charge in [0.05, 0.1) is 0 Å². The lowest BCUT2D eigenvalue weighted by molar-refractivity contribution is 0.215. The molecule has 2 heterocycles. The third kappa shape index (κ3) is 3.45. The Morgan fingerprint density at radius 1 is 1.44 bits per heavy atom. The van der Waals surface area contributed by atoms with E-state index in [0.29, 0.717) is 0 Å². The topological polar surface area (TPSA) is 41.0 Å². The van der Waals surface area contributed by atoms with Gasteiger partial charge in [0, 0.05) is 12.7 Å². The fraction of sp³-hybridized carbons (Fsp3) is 0.667. The van der Waals surface area contributed by atoms with E-state index in [2.05, 4.69) is 27.5 Å². The Hall–Kier alpha value is -1.16. The number of aromatic nitrogens is 2. The molecule has 4 nitrogen and oxygen atoms in total. The van der Waals surface area contributed by atoms with Crippen LogP contribution in [-0.2, 0) is 0 Å². The van der Waals surface area contributed by atoms with Crippen molar-refractivity contribution in [1.82, 2.24) is 15.1 Å². The lowest BCUT2D eigenvalue weighted by Crippen LogP contribution is -2.30. The first-order chi connectivity index (χ1) is 7.84. The van der Waals surface area contributed by atoms with Crippen molar-refractivity contribution < 1.29 is 0 Å². The zero-order valence-corrected chi connectivity index (χ0v) is 9.89. The first-order valence-electron chi connectivity index (χ1n) is 6.05. The SMILES string of the molecule is CN1CCC(CCNc2cccnn2)CC1. The molecule has 1 aliphatic rings. The highest BCUT2D eigenvalue weighted by molar-refractivity contribution is 5.30. The van der Waals surface area contributed by atoms with Crippen molar-refractivity contribution in [3.8, 4) is 0 Å². The quantitative estimate of drug-likeness (QED) is 0.837. The normalized spacial score (nSPS) is 18.6. The molecule has 88 valence electrons. The number of hydrogen-bond acceptors (Lipinski definition) is 4. The Labute approximate surface area is 97.1 Å². The molecule has 0 spiro atoms. The molecule has 1 saturated heterocycles. The third-order valence-electron chi connectivity index (χ3n) is 3.27. The van der Waals surface area contributed by atoms with Crippen LogP contribution >= 0.6 is 0 Å². The van der Waals surface area contributed by atoms with Gasteiger partial charge in [0.25, 0.3) is 0 Å². The molecule has 16 heavy (non-hydrogen) atoms. The van der Waals surface area contributed by atoms with Crippen LogP contribution in [0.2, 0.25) is 0 Å². The first kappa shape index (κ1) is 11.3. The Bertz CT molecular complexity index is 293. The number of piperidine rings is 1. The highest BCUT2D eigenvalue weighted by atomic mass is 15.2. The predicted molar refractivity (Wildman–Crippen MR) is 65.4 cm³/mol. The summed E-state index contributed by atoms with van der Waals surface area (Å²) in [4.78, 5) is 2.41. The highest BCUT2D eigenvalue weighted by Crippen LogP contribution is 2.19. The molecule has 0 aliphatic carbocycles. The largest absolute Gasteiger partial charge is 0.369 e. The maximum Gasteiger partial charge on any atom is 0.148 e. The van der Waals surface area contributed by atoms with Crippen LogP contribution in [0.3, 0.4) is 0 Å². The molecule has 0 bridgehead atoms. The molecule has 0 saturated carbocycles. The average Bonchev–Trinajstić information content (AvgIpc) is 2.33. The summed E-state index contributed by atoms with van der Waals surface area (Å²) in [5, 5.41) is 11.2. The van der Waals surface area contributed by atoms with Gasteiger partial charge in [-0.05, 0) is 57.5 Å². The number of nitrogens with zero attached hydrogens (tertiary/aromatic N) is 3. The number of likely N-dealkylation sites (tertiary alicyclic amines) is 1. The monoisotopic (exact) mass is 220 g/mol. The Morgan fingerprint density at radius 3 is 2.94 bits per heavy atom. The number of rotatable bonds is 4. The minimum absolute atomic E-state index is 0.875. The van der Waals surface area contributed by atoms with Crippen molar-refractivity contribution in [2.75, 3.05) is 32.0 Å². The molecule has 0 radical (unpaired) electrons. The van der Waals surface area contributed by atoms with Crippen LogP contribution in [0.5, 0.6) is 0 Å². The van der Waals surface area contributed by atoms with Crippen molar-refractivity contribution in [3.05, 3.63) is 18.3 Å². The second-order valence-electron chi connectivity index (χ2n) is 4.57. The Kier molecular flexibility index (Phi) is 4.10. The molecule has 0 aromatic carbocycles. The minimum atomic E-state index is 0.875. The van der Waals surface area contributed by atoms with Gasteiger partial charge in [0.15, 0.2) is 0 Å². The van der Waals surface area contributed by atoms with Gasteiger partial charge in [-0.25, -0.2) is 0 Å². The predicted octanol–water partition coefficient (Wildman–Crippen LogP) is 1.62. The van der Waals surface area contributed by atoms with Crippen LogP contribution in [0, 0.1) is 5.92 Å². The number of anilines is 1. The maximum absolute atomic E-state index is 4.00. The van der Waals surface area contributed by atoms with E-state index in [9.17, 15) is 0 Å². The number of nitrogens with one attached hydrogen (secondary N) is 1. The molecule has 1 N–H and O–H groups in total. The molecule has 1 aromatic heterocycles. The lowest BCUT2D eigenvalue weighted by Gasteiger charge is -2.28. The second kappa shape index (κ2) is 5.80. The van der Waals surface area contributed by atoms with Gasteiger partial charge in [-0.1, -0.05) is 0 Å². The van der Waals surface area contributed by atoms with E-state index in [1.165, 1.54) is 32.4 Å². The van der Waals surface area contributed by atoms with Crippen molar-refractivity contribution in [2.45, 2.75) is 19.3 Å². The molecule has 1 aliphatic heterocycles. The first-order valence-corrected chi connectivity index (χ1v) is 6.05. The van der Waals surface area contributed by atoms with Crippen molar-refractivity contribution >= 4 is 5.82 Å². The van der Waals surface area contributed by atoms with E-state index in [-0.39, 0.29) is 0 Å². The van der Waals surface area contributed by atoms with E-state index >= 15 is 0 Å². The molecule has 0 amide bonds. The fourth-order valence-corrected chi connectivity index (χ4v) is 2.15. The summed E-state index contributed by atoms with van der Waals surface area (Å²) in [5.41, 5.74) is 0. The zero-order valence-electron chi connectivity index (χ0n) is 9.89. The summed E-state index contributed by atoms with van der Waals surface area (Å²) in [6, 6.07) is 3.87. The van der Waals surface area contributed by atoms with Gasteiger partial charge in [-0.15, -0.1) is 5.10 Å².